The number of thiazole rings is 1. The number of carbonyl (C=O) groups excluding carboxylic acids is 2. The van der Waals surface area contributed by atoms with Crippen molar-refractivity contribution in [2.75, 3.05) is 18.4 Å². The lowest BCUT2D eigenvalue weighted by atomic mass is 10.2. The lowest BCUT2D eigenvalue weighted by molar-refractivity contribution is -0.114. The fourth-order valence-corrected chi connectivity index (χ4v) is 4.03. The Hall–Kier alpha value is -2.93. The zero-order chi connectivity index (χ0) is 18.8. The van der Waals surface area contributed by atoms with Crippen molar-refractivity contribution in [3.05, 3.63) is 47.6 Å². The second-order valence-electron chi connectivity index (χ2n) is 6.60. The van der Waals surface area contributed by atoms with E-state index in [9.17, 15) is 9.59 Å². The van der Waals surface area contributed by atoms with Gasteiger partial charge in [0.15, 0.2) is 0 Å². The van der Waals surface area contributed by atoms with Crippen molar-refractivity contribution in [3.63, 3.8) is 0 Å². The van der Waals surface area contributed by atoms with Crippen LogP contribution in [0.15, 0.2) is 41.9 Å². The molecule has 0 unspecified atom stereocenters. The molecule has 4 rings (SSSR count). The highest BCUT2D eigenvalue weighted by Gasteiger charge is 2.21. The van der Waals surface area contributed by atoms with E-state index in [2.05, 4.69) is 10.3 Å². The minimum Gasteiger partial charge on any atom is -0.357 e. The van der Waals surface area contributed by atoms with Crippen molar-refractivity contribution < 1.29 is 9.59 Å². The van der Waals surface area contributed by atoms with Gasteiger partial charge in [-0.1, -0.05) is 0 Å². The molecule has 1 aliphatic rings. The number of carbonyl (C=O) groups is 2. The molecule has 0 saturated carbocycles. The molecule has 2 amide bonds. The van der Waals surface area contributed by atoms with Crippen LogP contribution in [0.2, 0.25) is 0 Å². The van der Waals surface area contributed by atoms with Crippen LogP contribution in [-0.2, 0) is 4.79 Å². The number of H-pyrrole nitrogens is 1. The minimum absolute atomic E-state index is 0.0581. The van der Waals surface area contributed by atoms with E-state index in [0.717, 1.165) is 53.4 Å². The van der Waals surface area contributed by atoms with Crippen LogP contribution in [-0.4, -0.2) is 39.8 Å². The van der Waals surface area contributed by atoms with Crippen LogP contribution in [0.25, 0.3) is 21.8 Å². The van der Waals surface area contributed by atoms with Gasteiger partial charge < -0.3 is 15.2 Å². The van der Waals surface area contributed by atoms with Crippen molar-refractivity contribution in [1.29, 1.82) is 0 Å². The van der Waals surface area contributed by atoms with Crippen LogP contribution in [0, 0.1) is 0 Å². The third-order valence-electron chi connectivity index (χ3n) is 4.56. The van der Waals surface area contributed by atoms with Crippen LogP contribution in [0.3, 0.4) is 0 Å². The maximum Gasteiger partial charge on any atom is 0.270 e. The Labute approximate surface area is 161 Å². The van der Waals surface area contributed by atoms with Crippen LogP contribution in [0.5, 0.6) is 0 Å². The van der Waals surface area contributed by atoms with Crippen molar-refractivity contribution in [1.82, 2.24) is 14.9 Å². The molecule has 1 fully saturated rings. The Morgan fingerprint density at radius 3 is 2.59 bits per heavy atom. The molecule has 1 aromatic carbocycles. The molecule has 0 atom stereocenters. The zero-order valence-corrected chi connectivity index (χ0v) is 15.8. The van der Waals surface area contributed by atoms with E-state index in [1.807, 2.05) is 46.8 Å². The highest BCUT2D eigenvalue weighted by Crippen LogP contribution is 2.30. The summed E-state index contributed by atoms with van der Waals surface area (Å²) in [5.41, 5.74) is 4.12. The molecular weight excluding hydrogens is 360 g/mol. The van der Waals surface area contributed by atoms with Crippen molar-refractivity contribution in [2.45, 2.75) is 19.8 Å². The van der Waals surface area contributed by atoms with E-state index in [-0.39, 0.29) is 11.8 Å². The number of hydrogen-bond acceptors (Lipinski definition) is 4. The summed E-state index contributed by atoms with van der Waals surface area (Å²) in [5.74, 6) is -0.0335. The molecular formula is C20H20N4O2S. The second-order valence-corrected chi connectivity index (χ2v) is 7.46. The summed E-state index contributed by atoms with van der Waals surface area (Å²) in [6.45, 7) is 3.16. The second kappa shape index (κ2) is 7.36. The average molecular weight is 380 g/mol. The molecule has 0 bridgehead atoms. The smallest absolute Gasteiger partial charge is 0.270 e. The number of nitrogens with zero attached hydrogens (tertiary/aromatic N) is 2. The number of rotatable bonds is 4. The summed E-state index contributed by atoms with van der Waals surface area (Å²) in [6, 6.07) is 9.47. The Morgan fingerprint density at radius 1 is 1.15 bits per heavy atom. The average Bonchev–Trinajstić information content (AvgIpc) is 3.41. The summed E-state index contributed by atoms with van der Waals surface area (Å²) in [7, 11) is 0. The number of hydrogen-bond donors (Lipinski definition) is 2. The predicted octanol–water partition coefficient (Wildman–Crippen LogP) is 4.00. The monoisotopic (exact) mass is 380 g/mol. The van der Waals surface area contributed by atoms with Crippen molar-refractivity contribution in [2.24, 2.45) is 0 Å². The van der Waals surface area contributed by atoms with Gasteiger partial charge in [0.05, 0.1) is 5.69 Å². The third kappa shape index (κ3) is 3.78. The highest BCUT2D eigenvalue weighted by molar-refractivity contribution is 7.13. The third-order valence-corrected chi connectivity index (χ3v) is 5.45. The van der Waals surface area contributed by atoms with Gasteiger partial charge in [-0.05, 0) is 43.2 Å². The molecule has 27 heavy (non-hydrogen) atoms. The number of amides is 2. The normalized spacial score (nSPS) is 13.7. The highest BCUT2D eigenvalue weighted by atomic mass is 32.1. The van der Waals surface area contributed by atoms with Gasteiger partial charge in [-0.2, -0.15) is 0 Å². The van der Waals surface area contributed by atoms with Gasteiger partial charge >= 0.3 is 0 Å². The molecule has 2 N–H and O–H groups in total. The molecule has 0 radical (unpaired) electrons. The largest absolute Gasteiger partial charge is 0.357 e. The van der Waals surface area contributed by atoms with Crippen LogP contribution in [0.1, 0.15) is 30.3 Å². The van der Waals surface area contributed by atoms with Crippen LogP contribution in [0.4, 0.5) is 5.69 Å². The number of aromatic amines is 1. The number of likely N-dealkylation sites (tertiary alicyclic amines) is 1. The molecule has 0 aliphatic carbocycles. The quantitative estimate of drug-likeness (QED) is 0.718. The van der Waals surface area contributed by atoms with Gasteiger partial charge in [0.1, 0.15) is 10.7 Å². The summed E-state index contributed by atoms with van der Waals surface area (Å²) >= 11 is 1.55. The molecule has 1 aliphatic heterocycles. The first-order valence-corrected chi connectivity index (χ1v) is 9.80. The first kappa shape index (κ1) is 17.5. The standard InChI is InChI=1S/C20H20N4O2S/c1-13(25)22-16-6-4-14(5-7-16)19-23-18(12-27-19)15-10-17(21-11-15)20(26)24-8-2-3-9-24/h4-7,10-12,21H,2-3,8-9H2,1H3,(H,22,25). The molecule has 2 aromatic heterocycles. The van der Waals surface area contributed by atoms with Gasteiger partial charge in [-0.3, -0.25) is 9.59 Å². The van der Waals surface area contributed by atoms with Crippen molar-refractivity contribution >= 4 is 28.8 Å². The Kier molecular flexibility index (Phi) is 4.77. The van der Waals surface area contributed by atoms with Crippen molar-refractivity contribution in [3.8, 4) is 21.8 Å². The molecule has 3 aromatic rings. The maximum atomic E-state index is 12.5. The Bertz CT molecular complexity index is 968. The first-order chi connectivity index (χ1) is 13.1. The number of aromatic nitrogens is 2. The summed E-state index contributed by atoms with van der Waals surface area (Å²) in [4.78, 5) is 33.3. The van der Waals surface area contributed by atoms with Crippen LogP contribution < -0.4 is 5.32 Å². The number of anilines is 1. The van der Waals surface area contributed by atoms with E-state index in [4.69, 9.17) is 4.98 Å². The molecule has 1 saturated heterocycles. The van der Waals surface area contributed by atoms with Gasteiger partial charge in [0.25, 0.3) is 5.91 Å². The molecule has 0 spiro atoms. The lowest BCUT2D eigenvalue weighted by Crippen LogP contribution is -2.27. The Morgan fingerprint density at radius 2 is 1.89 bits per heavy atom. The fourth-order valence-electron chi connectivity index (χ4n) is 3.19. The predicted molar refractivity (Wildman–Crippen MR) is 107 cm³/mol. The fraction of sp³-hybridized carbons (Fsp3) is 0.250. The summed E-state index contributed by atoms with van der Waals surface area (Å²) in [5, 5.41) is 5.64. The maximum absolute atomic E-state index is 12.5. The zero-order valence-electron chi connectivity index (χ0n) is 15.0. The van der Waals surface area contributed by atoms with Crippen LogP contribution >= 0.6 is 11.3 Å². The molecule has 3 heterocycles. The SMILES string of the molecule is CC(=O)Nc1ccc(-c2nc(-c3c[nH]c(C(=O)N4CCCC4)c3)cs2)cc1. The number of benzene rings is 1. The van der Waals surface area contributed by atoms with E-state index in [1.165, 1.54) is 6.92 Å². The minimum atomic E-state index is -0.0916. The van der Waals surface area contributed by atoms with Gasteiger partial charge in [-0.15, -0.1) is 11.3 Å². The molecule has 138 valence electrons. The summed E-state index contributed by atoms with van der Waals surface area (Å²) in [6.07, 6.45) is 3.99. The number of nitrogens with one attached hydrogen (secondary N) is 2. The lowest BCUT2D eigenvalue weighted by Gasteiger charge is -2.13. The van der Waals surface area contributed by atoms with E-state index in [1.54, 1.807) is 11.3 Å². The first-order valence-electron chi connectivity index (χ1n) is 8.92. The van der Waals surface area contributed by atoms with E-state index >= 15 is 0 Å². The Balaban J connectivity index is 1.51. The van der Waals surface area contributed by atoms with E-state index in [0.29, 0.717) is 5.69 Å². The van der Waals surface area contributed by atoms with Gasteiger partial charge in [-0.25, -0.2) is 4.98 Å². The van der Waals surface area contributed by atoms with E-state index < -0.39 is 0 Å². The van der Waals surface area contributed by atoms with Gasteiger partial charge in [0, 0.05) is 48.4 Å². The topological polar surface area (TPSA) is 78.1 Å². The summed E-state index contributed by atoms with van der Waals surface area (Å²) < 4.78 is 0. The molecule has 7 heteroatoms. The van der Waals surface area contributed by atoms with Gasteiger partial charge in [0.2, 0.25) is 5.91 Å². The molecule has 6 nitrogen and oxygen atoms in total.